The van der Waals surface area contributed by atoms with Gasteiger partial charge in [0.25, 0.3) is 0 Å². The lowest BCUT2D eigenvalue weighted by molar-refractivity contribution is -0.124. The number of carbonyl (C=O) groups is 1. The van der Waals surface area contributed by atoms with Gasteiger partial charge in [0.2, 0.25) is 11.8 Å². The van der Waals surface area contributed by atoms with E-state index in [9.17, 15) is 9.18 Å². The number of nitrogens with one attached hydrogen (secondary N) is 1. The number of nitrogens with zero attached hydrogens (tertiary/aromatic N) is 2. The minimum Gasteiger partial charge on any atom is -0.355 e. The minimum absolute atomic E-state index is 0.113. The van der Waals surface area contributed by atoms with Gasteiger partial charge in [0.15, 0.2) is 5.82 Å². The highest BCUT2D eigenvalue weighted by Crippen LogP contribution is 2.30. The third kappa shape index (κ3) is 2.51. The molecule has 1 N–H and O–H groups in total. The van der Waals surface area contributed by atoms with Crippen molar-refractivity contribution in [3.8, 4) is 0 Å². The maximum Gasteiger partial charge on any atom is 0.242 e. The lowest BCUT2D eigenvalue weighted by Gasteiger charge is -2.13. The summed E-state index contributed by atoms with van der Waals surface area (Å²) in [7, 11) is 0. The summed E-state index contributed by atoms with van der Waals surface area (Å²) in [5.41, 5.74) is -0.0795. The molecule has 1 unspecified atom stereocenters. The van der Waals surface area contributed by atoms with Crippen molar-refractivity contribution in [1.29, 1.82) is 0 Å². The van der Waals surface area contributed by atoms with Crippen LogP contribution in [0, 0.1) is 5.82 Å². The molecule has 0 radical (unpaired) electrons. The first-order valence-corrected chi connectivity index (χ1v) is 6.92. The van der Waals surface area contributed by atoms with Gasteiger partial charge in [-0.2, -0.15) is 4.98 Å². The van der Waals surface area contributed by atoms with Crippen LogP contribution in [0.15, 0.2) is 22.7 Å². The van der Waals surface area contributed by atoms with Gasteiger partial charge in [-0.25, -0.2) is 4.39 Å². The van der Waals surface area contributed by atoms with Crippen molar-refractivity contribution >= 4 is 17.5 Å². The van der Waals surface area contributed by atoms with E-state index in [0.29, 0.717) is 41.7 Å². The molecule has 1 atom stereocenters. The highest BCUT2D eigenvalue weighted by molar-refractivity contribution is 6.31. The fourth-order valence-electron chi connectivity index (χ4n) is 2.32. The highest BCUT2D eigenvalue weighted by Gasteiger charge is 2.44. The summed E-state index contributed by atoms with van der Waals surface area (Å²) in [5, 5.41) is 6.95. The van der Waals surface area contributed by atoms with Crippen LogP contribution in [0.4, 0.5) is 4.39 Å². The lowest BCUT2D eigenvalue weighted by Crippen LogP contribution is -2.32. The molecule has 1 aliphatic rings. The number of hydrogen-bond acceptors (Lipinski definition) is 4. The zero-order valence-corrected chi connectivity index (χ0v) is 12.1. The van der Waals surface area contributed by atoms with Crippen molar-refractivity contribution in [2.24, 2.45) is 0 Å². The van der Waals surface area contributed by atoms with Gasteiger partial charge < -0.3 is 9.84 Å². The number of rotatable bonds is 3. The van der Waals surface area contributed by atoms with Gasteiger partial charge in [-0.3, -0.25) is 4.79 Å². The standard InChI is InChI=1S/C14H13ClFN3O2/c1-14(4-5-17-12(14)20)13-18-11(19-21-13)6-8-2-3-9(16)7-10(8)15/h2-3,7H,4-6H2,1H3,(H,17,20). The molecule has 1 saturated heterocycles. The molecule has 0 aliphatic carbocycles. The Kier molecular flexibility index (Phi) is 3.41. The Hall–Kier alpha value is -1.95. The van der Waals surface area contributed by atoms with E-state index in [1.807, 2.05) is 0 Å². The highest BCUT2D eigenvalue weighted by atomic mass is 35.5. The van der Waals surface area contributed by atoms with E-state index in [1.54, 1.807) is 13.0 Å². The number of amides is 1. The molecule has 7 heteroatoms. The molecule has 0 saturated carbocycles. The number of benzene rings is 1. The van der Waals surface area contributed by atoms with Gasteiger partial charge in [0.05, 0.1) is 0 Å². The van der Waals surface area contributed by atoms with Crippen LogP contribution in [0.25, 0.3) is 0 Å². The van der Waals surface area contributed by atoms with Gasteiger partial charge in [-0.05, 0) is 31.0 Å². The average molecular weight is 310 g/mol. The minimum atomic E-state index is -0.780. The summed E-state index contributed by atoms with van der Waals surface area (Å²) in [5.74, 6) is 0.204. The normalized spacial score (nSPS) is 21.6. The summed E-state index contributed by atoms with van der Waals surface area (Å²) in [6.07, 6.45) is 0.936. The van der Waals surface area contributed by atoms with Crippen LogP contribution < -0.4 is 5.32 Å². The van der Waals surface area contributed by atoms with Crippen molar-refractivity contribution in [3.05, 3.63) is 46.3 Å². The largest absolute Gasteiger partial charge is 0.355 e. The molecule has 0 spiro atoms. The Morgan fingerprint density at radius 1 is 1.52 bits per heavy atom. The van der Waals surface area contributed by atoms with Crippen LogP contribution in [-0.2, 0) is 16.6 Å². The van der Waals surface area contributed by atoms with Crippen molar-refractivity contribution in [1.82, 2.24) is 15.5 Å². The molecule has 1 amide bonds. The van der Waals surface area contributed by atoms with E-state index in [1.165, 1.54) is 12.1 Å². The summed E-state index contributed by atoms with van der Waals surface area (Å²) in [6, 6.07) is 4.15. The summed E-state index contributed by atoms with van der Waals surface area (Å²) in [6.45, 7) is 2.37. The van der Waals surface area contributed by atoms with E-state index >= 15 is 0 Å². The first kappa shape index (κ1) is 14.0. The molecule has 2 heterocycles. The second-order valence-electron chi connectivity index (χ2n) is 5.27. The average Bonchev–Trinajstić information content (AvgIpc) is 3.02. The first-order chi connectivity index (χ1) is 9.99. The first-order valence-electron chi connectivity index (χ1n) is 6.54. The van der Waals surface area contributed by atoms with Gasteiger partial charge in [0, 0.05) is 18.0 Å². The van der Waals surface area contributed by atoms with E-state index in [2.05, 4.69) is 15.5 Å². The van der Waals surface area contributed by atoms with Gasteiger partial charge >= 0.3 is 0 Å². The fraction of sp³-hybridized carbons (Fsp3) is 0.357. The molecule has 1 aromatic carbocycles. The molecule has 3 rings (SSSR count). The van der Waals surface area contributed by atoms with Crippen LogP contribution in [0.2, 0.25) is 5.02 Å². The van der Waals surface area contributed by atoms with Crippen LogP contribution in [0.5, 0.6) is 0 Å². The van der Waals surface area contributed by atoms with Gasteiger partial charge in [-0.15, -0.1) is 0 Å². The summed E-state index contributed by atoms with van der Waals surface area (Å²) < 4.78 is 18.2. The zero-order valence-electron chi connectivity index (χ0n) is 11.3. The van der Waals surface area contributed by atoms with Crippen LogP contribution in [0.1, 0.15) is 30.6 Å². The van der Waals surface area contributed by atoms with Crippen LogP contribution in [0.3, 0.4) is 0 Å². The Labute approximate surface area is 125 Å². The maximum absolute atomic E-state index is 13.0. The molecule has 110 valence electrons. The van der Waals surface area contributed by atoms with Crippen molar-refractivity contribution < 1.29 is 13.7 Å². The van der Waals surface area contributed by atoms with Gasteiger partial charge in [0.1, 0.15) is 11.2 Å². The number of hydrogen-bond donors (Lipinski definition) is 1. The van der Waals surface area contributed by atoms with Crippen molar-refractivity contribution in [2.75, 3.05) is 6.54 Å². The monoisotopic (exact) mass is 309 g/mol. The second kappa shape index (κ2) is 5.11. The summed E-state index contributed by atoms with van der Waals surface area (Å²) >= 11 is 5.97. The van der Waals surface area contributed by atoms with E-state index in [0.717, 1.165) is 0 Å². The Morgan fingerprint density at radius 2 is 2.33 bits per heavy atom. The lowest BCUT2D eigenvalue weighted by atomic mass is 9.89. The number of halogens is 2. The second-order valence-corrected chi connectivity index (χ2v) is 5.67. The molecular formula is C14H13ClFN3O2. The van der Waals surface area contributed by atoms with E-state index in [-0.39, 0.29) is 5.91 Å². The molecule has 5 nitrogen and oxygen atoms in total. The third-order valence-electron chi connectivity index (χ3n) is 3.72. The molecule has 1 aliphatic heterocycles. The third-order valence-corrected chi connectivity index (χ3v) is 4.07. The molecule has 21 heavy (non-hydrogen) atoms. The fourth-order valence-corrected chi connectivity index (χ4v) is 2.56. The molecule has 1 aromatic heterocycles. The molecular weight excluding hydrogens is 297 g/mol. The van der Waals surface area contributed by atoms with Crippen molar-refractivity contribution in [3.63, 3.8) is 0 Å². The zero-order chi connectivity index (χ0) is 15.0. The predicted molar refractivity (Wildman–Crippen MR) is 73.5 cm³/mol. The number of carbonyl (C=O) groups excluding carboxylic acids is 1. The summed E-state index contributed by atoms with van der Waals surface area (Å²) in [4.78, 5) is 16.1. The van der Waals surface area contributed by atoms with Crippen LogP contribution >= 0.6 is 11.6 Å². The SMILES string of the molecule is CC1(c2nc(Cc3ccc(F)cc3Cl)no2)CCNC1=O. The Balaban J connectivity index is 1.84. The number of aromatic nitrogens is 2. The predicted octanol–water partition coefficient (Wildman–Crippen LogP) is 2.23. The topological polar surface area (TPSA) is 68.0 Å². The molecule has 2 aromatic rings. The Bertz CT molecular complexity index is 703. The molecule has 0 bridgehead atoms. The quantitative estimate of drug-likeness (QED) is 0.944. The van der Waals surface area contributed by atoms with Crippen molar-refractivity contribution in [2.45, 2.75) is 25.2 Å². The van der Waals surface area contributed by atoms with E-state index < -0.39 is 11.2 Å². The smallest absolute Gasteiger partial charge is 0.242 e. The molecule has 1 fully saturated rings. The van der Waals surface area contributed by atoms with Crippen LogP contribution in [-0.4, -0.2) is 22.6 Å². The van der Waals surface area contributed by atoms with Gasteiger partial charge in [-0.1, -0.05) is 22.8 Å². The Morgan fingerprint density at radius 3 is 3.00 bits per heavy atom. The van der Waals surface area contributed by atoms with E-state index in [4.69, 9.17) is 16.1 Å². The maximum atomic E-state index is 13.0.